The third-order valence-corrected chi connectivity index (χ3v) is 6.06. The van der Waals surface area contributed by atoms with Crippen LogP contribution in [0.4, 0.5) is 0 Å². The molecule has 2 atom stereocenters. The predicted molar refractivity (Wildman–Crippen MR) is 129 cm³/mol. The van der Waals surface area contributed by atoms with Gasteiger partial charge in [-0.3, -0.25) is 4.90 Å². The van der Waals surface area contributed by atoms with Crippen molar-refractivity contribution in [1.82, 2.24) is 10.2 Å². The van der Waals surface area contributed by atoms with Crippen LogP contribution >= 0.6 is 56.7 Å². The highest BCUT2D eigenvalue weighted by molar-refractivity contribution is 9.11. The van der Waals surface area contributed by atoms with E-state index in [2.05, 4.69) is 60.3 Å². The molecule has 2 aliphatic heterocycles. The Kier molecular flexibility index (Phi) is 9.89. The van der Waals surface area contributed by atoms with Crippen molar-refractivity contribution in [2.24, 2.45) is 0 Å². The van der Waals surface area contributed by atoms with E-state index in [0.717, 1.165) is 52.0 Å². The average Bonchev–Trinajstić information content (AvgIpc) is 2.71. The summed E-state index contributed by atoms with van der Waals surface area (Å²) in [7, 11) is 0. The van der Waals surface area contributed by atoms with E-state index < -0.39 is 0 Å². The second-order valence-corrected chi connectivity index (χ2v) is 8.86. The molecule has 2 aliphatic rings. The summed E-state index contributed by atoms with van der Waals surface area (Å²) in [6, 6.07) is 14.1. The van der Waals surface area contributed by atoms with Gasteiger partial charge in [0.05, 0.1) is 24.3 Å². The Bertz CT molecular complexity index is 884. The minimum Gasteiger partial charge on any atom is -0.490 e. The molecule has 0 amide bonds. The molecule has 0 aromatic heterocycles. The van der Waals surface area contributed by atoms with E-state index in [9.17, 15) is 5.26 Å². The van der Waals surface area contributed by atoms with Crippen molar-refractivity contribution in [2.75, 3.05) is 32.8 Å². The fourth-order valence-corrected chi connectivity index (χ4v) is 5.26. The number of rotatable bonds is 4. The quantitative estimate of drug-likeness (QED) is 0.561. The van der Waals surface area contributed by atoms with Crippen LogP contribution in [-0.4, -0.2) is 43.8 Å². The Morgan fingerprint density at radius 3 is 2.47 bits per heavy atom. The first-order chi connectivity index (χ1) is 13.6. The summed E-state index contributed by atoms with van der Waals surface area (Å²) in [6.07, 6.45) is -0.0997. The van der Waals surface area contributed by atoms with Crippen molar-refractivity contribution in [3.63, 3.8) is 0 Å². The first-order valence-corrected chi connectivity index (χ1v) is 10.9. The lowest BCUT2D eigenvalue weighted by Crippen LogP contribution is -2.51. The van der Waals surface area contributed by atoms with Gasteiger partial charge in [0, 0.05) is 40.7 Å². The highest BCUT2D eigenvalue weighted by Gasteiger charge is 2.36. The maximum absolute atomic E-state index is 9.35. The number of nitriles is 1. The summed E-state index contributed by atoms with van der Waals surface area (Å²) in [4.78, 5) is 2.44. The molecule has 0 spiro atoms. The Hall–Kier alpha value is -0.850. The smallest absolute Gasteiger partial charge is 0.124 e. The lowest BCUT2D eigenvalue weighted by molar-refractivity contribution is -0.0617. The zero-order valence-electron chi connectivity index (χ0n) is 16.1. The van der Waals surface area contributed by atoms with Gasteiger partial charge in [0.2, 0.25) is 0 Å². The van der Waals surface area contributed by atoms with Crippen LogP contribution in [0, 0.1) is 11.3 Å². The minimum absolute atomic E-state index is 0. The summed E-state index contributed by atoms with van der Waals surface area (Å²) in [5.41, 5.74) is 2.79. The Balaban J connectivity index is 0.00000160. The summed E-state index contributed by atoms with van der Waals surface area (Å²) in [6.45, 7) is 4.81. The van der Waals surface area contributed by atoms with Crippen molar-refractivity contribution < 1.29 is 9.47 Å². The van der Waals surface area contributed by atoms with Gasteiger partial charge in [-0.1, -0.05) is 31.9 Å². The van der Waals surface area contributed by atoms with Crippen molar-refractivity contribution >= 4 is 56.7 Å². The Morgan fingerprint density at radius 2 is 1.80 bits per heavy atom. The van der Waals surface area contributed by atoms with Crippen LogP contribution in [0.3, 0.4) is 0 Å². The zero-order chi connectivity index (χ0) is 19.5. The van der Waals surface area contributed by atoms with E-state index in [0.29, 0.717) is 18.8 Å². The maximum atomic E-state index is 9.35. The monoisotopic (exact) mass is 577 g/mol. The van der Waals surface area contributed by atoms with Gasteiger partial charge in [0.15, 0.2) is 0 Å². The van der Waals surface area contributed by atoms with Crippen LogP contribution in [0.2, 0.25) is 0 Å². The lowest BCUT2D eigenvalue weighted by atomic mass is 9.94. The topological polar surface area (TPSA) is 57.5 Å². The highest BCUT2D eigenvalue weighted by Crippen LogP contribution is 2.38. The molecule has 1 fully saturated rings. The number of halogens is 4. The lowest BCUT2D eigenvalue weighted by Gasteiger charge is -2.42. The van der Waals surface area contributed by atoms with E-state index in [1.165, 1.54) is 0 Å². The van der Waals surface area contributed by atoms with Crippen LogP contribution < -0.4 is 10.1 Å². The predicted octanol–water partition coefficient (Wildman–Crippen LogP) is 4.85. The molecule has 4 rings (SSSR count). The van der Waals surface area contributed by atoms with Crippen LogP contribution in [0.15, 0.2) is 45.3 Å². The Labute approximate surface area is 206 Å². The average molecular weight is 580 g/mol. The molecule has 162 valence electrons. The van der Waals surface area contributed by atoms with Gasteiger partial charge in [0.25, 0.3) is 0 Å². The largest absolute Gasteiger partial charge is 0.490 e. The molecule has 30 heavy (non-hydrogen) atoms. The van der Waals surface area contributed by atoms with Crippen molar-refractivity contribution in [3.8, 4) is 11.8 Å². The van der Waals surface area contributed by atoms with E-state index in [-0.39, 0.29) is 37.0 Å². The molecule has 0 saturated carbocycles. The normalized spacial score (nSPS) is 20.7. The van der Waals surface area contributed by atoms with Gasteiger partial charge in [0.1, 0.15) is 18.5 Å². The first-order valence-electron chi connectivity index (χ1n) is 9.32. The minimum atomic E-state index is -0.0997. The molecule has 0 unspecified atom stereocenters. The number of fused-ring (bicyclic) bond motifs is 1. The molecule has 9 heteroatoms. The summed E-state index contributed by atoms with van der Waals surface area (Å²) in [5, 5.41) is 12.8. The number of hydrogen-bond acceptors (Lipinski definition) is 5. The first kappa shape index (κ1) is 25.4. The molecule has 5 nitrogen and oxygen atoms in total. The fraction of sp³-hybridized carbons (Fsp3) is 0.381. The standard InChI is InChI=1S/C21H21Br2N3O2.2ClH/c22-16-7-15(8-17(23)10-16)12-27-20-13-28-19-2-1-14(11-24)9-18(19)21(20)26-5-3-25-4-6-26;;/h1-2,7-10,20-21,25H,3-6,12-13H2;2*1H/t20-,21-;;/m1../s1. The highest BCUT2D eigenvalue weighted by atomic mass is 79.9. The van der Waals surface area contributed by atoms with E-state index in [4.69, 9.17) is 9.47 Å². The van der Waals surface area contributed by atoms with Gasteiger partial charge in [-0.2, -0.15) is 5.26 Å². The summed E-state index contributed by atoms with van der Waals surface area (Å²) < 4.78 is 14.4. The maximum Gasteiger partial charge on any atom is 0.124 e. The molecule has 0 bridgehead atoms. The van der Waals surface area contributed by atoms with Crippen LogP contribution in [0.1, 0.15) is 22.7 Å². The van der Waals surface area contributed by atoms with Crippen molar-refractivity contribution in [3.05, 3.63) is 62.0 Å². The van der Waals surface area contributed by atoms with E-state index >= 15 is 0 Å². The van der Waals surface area contributed by atoms with Gasteiger partial charge in [-0.05, 0) is 42.0 Å². The number of hydrogen-bond donors (Lipinski definition) is 1. The van der Waals surface area contributed by atoms with E-state index in [1.54, 1.807) is 0 Å². The zero-order valence-corrected chi connectivity index (χ0v) is 20.9. The van der Waals surface area contributed by atoms with Crippen LogP contribution in [0.25, 0.3) is 0 Å². The molecular weight excluding hydrogens is 557 g/mol. The molecule has 2 aromatic carbocycles. The van der Waals surface area contributed by atoms with Crippen LogP contribution in [-0.2, 0) is 11.3 Å². The fourth-order valence-electron chi connectivity index (χ4n) is 3.87. The van der Waals surface area contributed by atoms with Crippen molar-refractivity contribution in [2.45, 2.75) is 18.8 Å². The number of ether oxygens (including phenoxy) is 2. The van der Waals surface area contributed by atoms with Gasteiger partial charge in [-0.15, -0.1) is 24.8 Å². The summed E-state index contributed by atoms with van der Waals surface area (Å²) >= 11 is 7.07. The second kappa shape index (κ2) is 11.7. The Morgan fingerprint density at radius 1 is 1.10 bits per heavy atom. The molecular formula is C21H23Br2Cl2N3O2. The molecule has 2 heterocycles. The summed E-state index contributed by atoms with van der Waals surface area (Å²) in [5.74, 6) is 0.854. The molecule has 0 radical (unpaired) electrons. The molecule has 1 saturated heterocycles. The second-order valence-electron chi connectivity index (χ2n) is 7.03. The SMILES string of the molecule is Cl.Cl.N#Cc1ccc2c(c1)[C@@H](N1CCNCC1)[C@H](OCc1cc(Br)cc(Br)c1)CO2. The van der Waals surface area contributed by atoms with Gasteiger partial charge in [-0.25, -0.2) is 0 Å². The molecule has 2 aromatic rings. The number of benzene rings is 2. The number of piperazine rings is 1. The number of nitrogens with zero attached hydrogens (tertiary/aromatic N) is 2. The third kappa shape index (κ3) is 5.89. The van der Waals surface area contributed by atoms with Crippen LogP contribution in [0.5, 0.6) is 5.75 Å². The third-order valence-electron chi connectivity index (χ3n) is 5.14. The van der Waals surface area contributed by atoms with E-state index in [1.807, 2.05) is 24.3 Å². The van der Waals surface area contributed by atoms with Gasteiger partial charge >= 0.3 is 0 Å². The molecule has 1 N–H and O–H groups in total. The van der Waals surface area contributed by atoms with Crippen molar-refractivity contribution in [1.29, 1.82) is 5.26 Å². The number of nitrogens with one attached hydrogen (secondary N) is 1. The molecule has 0 aliphatic carbocycles. The van der Waals surface area contributed by atoms with Gasteiger partial charge < -0.3 is 14.8 Å².